The molecule has 0 aromatic heterocycles. The molecule has 1 N–H and O–H groups in total. The summed E-state index contributed by atoms with van der Waals surface area (Å²) in [6, 6.07) is 11.2. The predicted molar refractivity (Wildman–Crippen MR) is 82.8 cm³/mol. The lowest BCUT2D eigenvalue weighted by Gasteiger charge is -2.19. The van der Waals surface area contributed by atoms with Crippen molar-refractivity contribution >= 4 is 11.6 Å². The molecule has 0 saturated heterocycles. The van der Waals surface area contributed by atoms with Crippen molar-refractivity contribution in [3.05, 3.63) is 69.5 Å². The second kappa shape index (κ2) is 6.38. The molecule has 0 aliphatic rings. The minimum atomic E-state index is -0.249. The quantitative estimate of drug-likeness (QED) is 0.868. The number of benzene rings is 2. The highest BCUT2D eigenvalue weighted by molar-refractivity contribution is 6.31. The molecule has 0 radical (unpaired) electrons. The Morgan fingerprint density at radius 3 is 2.50 bits per heavy atom. The van der Waals surface area contributed by atoms with E-state index in [-0.39, 0.29) is 11.9 Å². The largest absolute Gasteiger partial charge is 0.313 e. The number of likely N-dealkylation sites (N-methyl/N-ethyl adjacent to an activating group) is 1. The van der Waals surface area contributed by atoms with Gasteiger partial charge in [-0.25, -0.2) is 4.39 Å². The fraction of sp³-hybridized carbons (Fsp3) is 0.294. The Balaban J connectivity index is 2.31. The van der Waals surface area contributed by atoms with E-state index in [4.69, 9.17) is 11.6 Å². The Bertz CT molecular complexity index is 590. The molecule has 0 saturated carbocycles. The molecule has 0 fully saturated rings. The van der Waals surface area contributed by atoms with Gasteiger partial charge in [0.15, 0.2) is 0 Å². The maximum Gasteiger partial charge on any atom is 0.127 e. The van der Waals surface area contributed by atoms with Crippen LogP contribution in [0.4, 0.5) is 4.39 Å². The number of hydrogen-bond donors (Lipinski definition) is 1. The molecule has 3 heteroatoms. The molecule has 0 spiro atoms. The van der Waals surface area contributed by atoms with Gasteiger partial charge in [-0.2, -0.15) is 0 Å². The summed E-state index contributed by atoms with van der Waals surface area (Å²) in [5.41, 5.74) is 4.21. The molecule has 2 aromatic carbocycles. The average Bonchev–Trinajstić information content (AvgIpc) is 2.42. The molecule has 0 aliphatic heterocycles. The van der Waals surface area contributed by atoms with Crippen LogP contribution in [0.3, 0.4) is 0 Å². The van der Waals surface area contributed by atoms with Gasteiger partial charge >= 0.3 is 0 Å². The smallest absolute Gasteiger partial charge is 0.127 e. The lowest BCUT2D eigenvalue weighted by molar-refractivity contribution is 0.554. The van der Waals surface area contributed by atoms with Gasteiger partial charge in [0.25, 0.3) is 0 Å². The van der Waals surface area contributed by atoms with Gasteiger partial charge < -0.3 is 5.32 Å². The van der Waals surface area contributed by atoms with E-state index in [0.717, 1.165) is 5.56 Å². The van der Waals surface area contributed by atoms with Crippen molar-refractivity contribution in [2.45, 2.75) is 26.3 Å². The molecule has 1 atom stereocenters. The molecule has 2 rings (SSSR count). The second-order valence-electron chi connectivity index (χ2n) is 5.09. The number of aryl methyl sites for hydroxylation is 2. The second-order valence-corrected chi connectivity index (χ2v) is 5.50. The summed E-state index contributed by atoms with van der Waals surface area (Å²) < 4.78 is 13.9. The van der Waals surface area contributed by atoms with Crippen LogP contribution in [0.2, 0.25) is 5.02 Å². The predicted octanol–water partition coefficient (Wildman–Crippen LogP) is 4.60. The van der Waals surface area contributed by atoms with Crippen LogP contribution in [0.1, 0.15) is 28.3 Å². The molecular weight excluding hydrogens is 273 g/mol. The Hall–Kier alpha value is -1.38. The van der Waals surface area contributed by atoms with Gasteiger partial charge in [-0.15, -0.1) is 0 Å². The molecule has 0 amide bonds. The third-order valence-corrected chi connectivity index (χ3v) is 4.11. The normalized spacial score (nSPS) is 12.4. The zero-order valence-electron chi connectivity index (χ0n) is 12.0. The minimum Gasteiger partial charge on any atom is -0.313 e. The van der Waals surface area contributed by atoms with Crippen LogP contribution in [0, 0.1) is 19.7 Å². The monoisotopic (exact) mass is 291 g/mol. The van der Waals surface area contributed by atoms with Crippen molar-refractivity contribution in [1.29, 1.82) is 0 Å². The van der Waals surface area contributed by atoms with E-state index in [0.29, 0.717) is 17.0 Å². The number of hydrogen-bond acceptors (Lipinski definition) is 1. The molecular formula is C17H19ClFN. The molecule has 0 aliphatic carbocycles. The summed E-state index contributed by atoms with van der Waals surface area (Å²) in [7, 11) is 1.88. The van der Waals surface area contributed by atoms with E-state index in [1.165, 1.54) is 17.2 Å². The number of nitrogens with one attached hydrogen (secondary N) is 1. The molecule has 1 unspecified atom stereocenters. The maximum atomic E-state index is 13.9. The van der Waals surface area contributed by atoms with Crippen LogP contribution in [0.15, 0.2) is 36.4 Å². The van der Waals surface area contributed by atoms with Gasteiger partial charge in [0.2, 0.25) is 0 Å². The summed E-state index contributed by atoms with van der Waals surface area (Å²) in [4.78, 5) is 0. The molecule has 2 aromatic rings. The van der Waals surface area contributed by atoms with Crippen molar-refractivity contribution in [3.8, 4) is 0 Å². The van der Waals surface area contributed by atoms with Gasteiger partial charge in [0.05, 0.1) is 0 Å². The zero-order chi connectivity index (χ0) is 14.7. The van der Waals surface area contributed by atoms with Crippen LogP contribution >= 0.6 is 11.6 Å². The number of rotatable bonds is 4. The van der Waals surface area contributed by atoms with E-state index >= 15 is 0 Å². The minimum absolute atomic E-state index is 0.0451. The van der Waals surface area contributed by atoms with E-state index in [1.807, 2.05) is 7.05 Å². The van der Waals surface area contributed by atoms with Crippen molar-refractivity contribution in [2.24, 2.45) is 0 Å². The Morgan fingerprint density at radius 2 is 1.90 bits per heavy atom. The molecule has 0 heterocycles. The molecule has 0 bridgehead atoms. The third kappa shape index (κ3) is 3.20. The van der Waals surface area contributed by atoms with Gasteiger partial charge in [-0.05, 0) is 56.1 Å². The standard InChI is InChI=1S/C17H19ClFN/c1-11-7-8-13(9-12(11)2)17(20-3)10-14-15(18)5-4-6-16(14)19/h4-9,17,20H,10H2,1-3H3. The van der Waals surface area contributed by atoms with Crippen molar-refractivity contribution in [3.63, 3.8) is 0 Å². The highest BCUT2D eigenvalue weighted by atomic mass is 35.5. The first-order chi connectivity index (χ1) is 9.52. The lowest BCUT2D eigenvalue weighted by Crippen LogP contribution is -2.19. The highest BCUT2D eigenvalue weighted by Gasteiger charge is 2.15. The summed E-state index contributed by atoms with van der Waals surface area (Å²) in [5.74, 6) is -0.249. The third-order valence-electron chi connectivity index (χ3n) is 3.75. The molecule has 1 nitrogen and oxygen atoms in total. The maximum absolute atomic E-state index is 13.9. The van der Waals surface area contributed by atoms with Crippen LogP contribution in [0.25, 0.3) is 0 Å². The van der Waals surface area contributed by atoms with Crippen molar-refractivity contribution in [1.82, 2.24) is 5.32 Å². The highest BCUT2D eigenvalue weighted by Crippen LogP contribution is 2.26. The van der Waals surface area contributed by atoms with E-state index in [2.05, 4.69) is 37.4 Å². The lowest BCUT2D eigenvalue weighted by atomic mass is 9.96. The van der Waals surface area contributed by atoms with Gasteiger partial charge in [0, 0.05) is 16.6 Å². The SMILES string of the molecule is CNC(Cc1c(F)cccc1Cl)c1ccc(C)c(C)c1. The Labute approximate surface area is 124 Å². The molecule has 106 valence electrons. The van der Waals surface area contributed by atoms with Gasteiger partial charge in [-0.1, -0.05) is 35.9 Å². The van der Waals surface area contributed by atoms with Crippen LogP contribution < -0.4 is 5.32 Å². The van der Waals surface area contributed by atoms with Crippen molar-refractivity contribution in [2.75, 3.05) is 7.05 Å². The first-order valence-corrected chi connectivity index (χ1v) is 7.08. The van der Waals surface area contributed by atoms with E-state index in [9.17, 15) is 4.39 Å². The summed E-state index contributed by atoms with van der Waals surface area (Å²) in [5, 5.41) is 3.72. The first-order valence-electron chi connectivity index (χ1n) is 6.70. The fourth-order valence-corrected chi connectivity index (χ4v) is 2.54. The first kappa shape index (κ1) is 15.0. The van der Waals surface area contributed by atoms with Crippen molar-refractivity contribution < 1.29 is 4.39 Å². The van der Waals surface area contributed by atoms with E-state index in [1.54, 1.807) is 12.1 Å². The van der Waals surface area contributed by atoms with Crippen LogP contribution in [-0.2, 0) is 6.42 Å². The number of halogens is 2. The zero-order valence-corrected chi connectivity index (χ0v) is 12.8. The average molecular weight is 292 g/mol. The van der Waals surface area contributed by atoms with E-state index < -0.39 is 0 Å². The van der Waals surface area contributed by atoms with Crippen LogP contribution in [0.5, 0.6) is 0 Å². The Morgan fingerprint density at radius 1 is 1.15 bits per heavy atom. The fourth-order valence-electron chi connectivity index (χ4n) is 2.30. The summed E-state index contributed by atoms with van der Waals surface area (Å²) >= 11 is 6.11. The summed E-state index contributed by atoms with van der Waals surface area (Å²) in [6.45, 7) is 4.17. The van der Waals surface area contributed by atoms with Gasteiger partial charge in [-0.3, -0.25) is 0 Å². The van der Waals surface area contributed by atoms with Gasteiger partial charge in [0.1, 0.15) is 5.82 Å². The molecule has 20 heavy (non-hydrogen) atoms. The topological polar surface area (TPSA) is 12.0 Å². The van der Waals surface area contributed by atoms with Crippen LogP contribution in [-0.4, -0.2) is 7.05 Å². The summed E-state index contributed by atoms with van der Waals surface area (Å²) in [6.07, 6.45) is 0.532. The Kier molecular flexibility index (Phi) is 4.79.